The van der Waals surface area contributed by atoms with Gasteiger partial charge in [-0.25, -0.2) is 4.39 Å². The molecule has 6 aromatic rings. The smallest absolute Gasteiger partial charge is 0.168 e. The highest BCUT2D eigenvalue weighted by molar-refractivity contribution is 9.10. The van der Waals surface area contributed by atoms with Crippen molar-refractivity contribution in [3.63, 3.8) is 0 Å². The van der Waals surface area contributed by atoms with Gasteiger partial charge in [-0.1, -0.05) is 234 Å². The van der Waals surface area contributed by atoms with E-state index in [1.165, 1.54) is 17.7 Å². The Morgan fingerprint density at radius 2 is 0.711 bits per heavy atom. The molecule has 0 fully saturated rings. The lowest BCUT2D eigenvalue weighted by Crippen LogP contribution is -2.15. The van der Waals surface area contributed by atoms with Crippen LogP contribution in [0.4, 0.5) is 4.39 Å². The molecule has 0 amide bonds. The average molecular weight is 1430 g/mol. The number of carbonyl (C=O) groups is 6. The largest absolute Gasteiger partial charge is 0.294 e. The summed E-state index contributed by atoms with van der Waals surface area (Å²) in [4.78, 5) is 72.0. The van der Waals surface area contributed by atoms with Crippen molar-refractivity contribution in [3.05, 3.63) is 204 Å². The maximum atomic E-state index is 13.1. The number of carbonyl (C=O) groups excluding carboxylic acids is 6. The van der Waals surface area contributed by atoms with Crippen LogP contribution in [0.1, 0.15) is 227 Å². The van der Waals surface area contributed by atoms with Crippen LogP contribution in [0.25, 0.3) is 0 Å². The molecule has 0 aromatic heterocycles. The standard InChI is InChI=1S/C13H14Cl2O.C13H14ClFO.C13H15ClO.C12H13BrO.2C12H13ClO.ClH/c1-2-3-4-8-5-9-6-10(14)7-11(15)12(9)13(8)16;1-2-3-4-8-5-9-6-10(15)7-11(14)12(9)13(8)16;1-2-3-5-10-8-9-6-4-7-11(14)12(9)13(10)15;1-2-4-9-7-8-5-3-6-10(13)11(8)12(9)14;1-7(2)9-6-8-4-3-5-10(13)11(8)12(9)14;1-2-4-9-7-8-5-3-6-10(13)11(8)12(9)14;/h2*6-8H,2-5H2,1H3;4,6-7,10H,2-3,5,8H2,1H3;3,5-6,9H,2,4,7H2,1H3;3-5,7,9H,6H2,1-2H3;3,5-6,9H,2,4,7H2,1H3;1H. The number of benzene rings is 6. The third-order valence-corrected chi connectivity index (χ3v) is 20.3. The number of halogens is 9. The second-order valence-electron chi connectivity index (χ2n) is 24.7. The fourth-order valence-corrected chi connectivity index (χ4v) is 15.7. The van der Waals surface area contributed by atoms with Crippen LogP contribution in [0.3, 0.4) is 0 Å². The third kappa shape index (κ3) is 18.2. The van der Waals surface area contributed by atoms with Crippen molar-refractivity contribution >= 4 is 133 Å². The lowest BCUT2D eigenvalue weighted by Gasteiger charge is -2.11. The monoisotopic (exact) mass is 1420 g/mol. The Labute approximate surface area is 577 Å². The summed E-state index contributed by atoms with van der Waals surface area (Å²) in [6, 6.07) is 29.4. The molecule has 0 N–H and O–H groups in total. The zero-order chi connectivity index (χ0) is 64.8. The molecule has 0 bridgehead atoms. The summed E-state index contributed by atoms with van der Waals surface area (Å²) < 4.78 is 14.1. The van der Waals surface area contributed by atoms with Crippen molar-refractivity contribution in [2.75, 3.05) is 0 Å². The topological polar surface area (TPSA) is 102 Å². The molecule has 482 valence electrons. The second-order valence-corrected chi connectivity index (χ2v) is 28.0. The molecule has 0 heterocycles. The summed E-state index contributed by atoms with van der Waals surface area (Å²) in [7, 11) is 0. The lowest BCUT2D eigenvalue weighted by molar-refractivity contribution is 0.0901. The van der Waals surface area contributed by atoms with Gasteiger partial charge in [-0.2, -0.15) is 0 Å². The van der Waals surface area contributed by atoms with Crippen LogP contribution >= 0.6 is 97.9 Å². The van der Waals surface area contributed by atoms with Crippen LogP contribution < -0.4 is 0 Å². The molecule has 6 aliphatic rings. The van der Waals surface area contributed by atoms with Gasteiger partial charge < -0.3 is 0 Å². The Balaban J connectivity index is 0.000000172. The molecule has 0 saturated heterocycles. The van der Waals surface area contributed by atoms with E-state index in [0.29, 0.717) is 54.4 Å². The predicted octanol–water partition coefficient (Wildman–Crippen LogP) is 23.3. The van der Waals surface area contributed by atoms with E-state index in [2.05, 4.69) is 70.5 Å². The first kappa shape index (κ1) is 74.8. The molecule has 0 spiro atoms. The fourth-order valence-electron chi connectivity index (χ4n) is 13.3. The Morgan fingerprint density at radius 1 is 0.389 bits per heavy atom. The van der Waals surface area contributed by atoms with E-state index < -0.39 is 0 Å². The van der Waals surface area contributed by atoms with E-state index in [4.69, 9.17) is 69.6 Å². The van der Waals surface area contributed by atoms with Crippen LogP contribution in [0.5, 0.6) is 0 Å². The van der Waals surface area contributed by atoms with E-state index in [0.717, 1.165) is 170 Å². The molecule has 0 saturated carbocycles. The summed E-state index contributed by atoms with van der Waals surface area (Å²) in [6.07, 6.45) is 18.5. The van der Waals surface area contributed by atoms with E-state index in [1.807, 2.05) is 54.6 Å². The van der Waals surface area contributed by atoms with Gasteiger partial charge in [0.05, 0.1) is 25.1 Å². The molecule has 6 aromatic carbocycles. The Hall–Kier alpha value is -4.22. The minimum Gasteiger partial charge on any atom is -0.294 e. The van der Waals surface area contributed by atoms with E-state index in [1.54, 1.807) is 24.3 Å². The van der Waals surface area contributed by atoms with Crippen molar-refractivity contribution in [2.45, 2.75) is 170 Å². The van der Waals surface area contributed by atoms with Crippen molar-refractivity contribution in [1.29, 1.82) is 0 Å². The van der Waals surface area contributed by atoms with Gasteiger partial charge in [0.15, 0.2) is 34.7 Å². The van der Waals surface area contributed by atoms with Gasteiger partial charge in [-0.05, 0) is 158 Å². The summed E-state index contributed by atoms with van der Waals surface area (Å²) in [5, 5.41) is 3.23. The van der Waals surface area contributed by atoms with Gasteiger partial charge >= 0.3 is 0 Å². The van der Waals surface area contributed by atoms with Crippen molar-refractivity contribution in [2.24, 2.45) is 41.4 Å². The Kier molecular flexibility index (Phi) is 29.4. The molecule has 6 nitrogen and oxygen atoms in total. The number of fused-ring (bicyclic) bond motifs is 6. The molecule has 90 heavy (non-hydrogen) atoms. The number of rotatable bonds is 14. The van der Waals surface area contributed by atoms with Crippen molar-refractivity contribution in [1.82, 2.24) is 0 Å². The van der Waals surface area contributed by atoms with Gasteiger partial charge in [-0.15, -0.1) is 12.4 Å². The first-order valence-corrected chi connectivity index (χ1v) is 35.0. The Morgan fingerprint density at radius 3 is 1.08 bits per heavy atom. The molecule has 0 radical (unpaired) electrons. The first-order valence-electron chi connectivity index (χ1n) is 31.9. The number of hydrogen-bond acceptors (Lipinski definition) is 6. The predicted molar refractivity (Wildman–Crippen MR) is 376 cm³/mol. The lowest BCUT2D eigenvalue weighted by atomic mass is 9.92. The molecule has 6 unspecified atom stereocenters. The summed E-state index contributed by atoms with van der Waals surface area (Å²) in [5.74, 6) is 2.22. The minimum atomic E-state index is -0.354. The van der Waals surface area contributed by atoms with E-state index in [-0.39, 0.29) is 87.7 Å². The highest BCUT2D eigenvalue weighted by Crippen LogP contribution is 2.41. The SMILES string of the molecule is CC(C)C1Cc2cccc(Cl)c2C1=O.CCCC1Cc2cccc(Br)c2C1=O.CCCC1Cc2cccc(Cl)c2C1=O.CCCCC1Cc2cc(Cl)cc(Cl)c2C1=O.CCCCC1Cc2cc(F)cc(Cl)c2C1=O.CCCCC1Cc2cccc(Cl)c2C1=O.Cl. The molecule has 12 rings (SSSR count). The summed E-state index contributed by atoms with van der Waals surface area (Å²) in [6.45, 7) is 14.8. The molecular weight excluding hydrogens is 1340 g/mol. The zero-order valence-corrected chi connectivity index (χ0v) is 59.5. The number of unbranched alkanes of at least 4 members (excludes halogenated alkanes) is 3. The van der Waals surface area contributed by atoms with Gasteiger partial charge in [0.25, 0.3) is 0 Å². The van der Waals surface area contributed by atoms with E-state index >= 15 is 0 Å². The molecule has 15 heteroatoms. The summed E-state index contributed by atoms with van der Waals surface area (Å²) >= 11 is 39.4. The number of Topliss-reactive ketones (excluding diaryl/α,β-unsaturated/α-hetero) is 6. The van der Waals surface area contributed by atoms with Crippen molar-refractivity contribution in [3.8, 4) is 0 Å². The molecule has 0 aliphatic heterocycles. The van der Waals surface area contributed by atoms with Gasteiger partial charge in [-0.3, -0.25) is 28.8 Å². The van der Waals surface area contributed by atoms with Crippen LogP contribution in [0.2, 0.25) is 30.1 Å². The van der Waals surface area contributed by atoms with Gasteiger partial charge in [0.2, 0.25) is 0 Å². The van der Waals surface area contributed by atoms with Crippen LogP contribution in [0.15, 0.2) is 102 Å². The first-order chi connectivity index (χ1) is 42.6. The number of ketones is 6. The highest BCUT2D eigenvalue weighted by atomic mass is 79.9. The third-order valence-electron chi connectivity index (χ3n) is 17.9. The summed E-state index contributed by atoms with van der Waals surface area (Å²) in [5.41, 5.74) is 10.8. The fraction of sp³-hybridized carbons (Fsp3) is 0.440. The van der Waals surface area contributed by atoms with Crippen molar-refractivity contribution < 1.29 is 33.2 Å². The average Bonchev–Trinajstić information content (AvgIpc) is 1.93. The van der Waals surface area contributed by atoms with Gasteiger partial charge in [0, 0.05) is 78.4 Å². The molecule has 6 aliphatic carbocycles. The van der Waals surface area contributed by atoms with Gasteiger partial charge in [0.1, 0.15) is 5.82 Å². The van der Waals surface area contributed by atoms with Crippen LogP contribution in [-0.4, -0.2) is 34.7 Å². The van der Waals surface area contributed by atoms with E-state index in [9.17, 15) is 33.2 Å². The maximum Gasteiger partial charge on any atom is 0.168 e. The van der Waals surface area contributed by atoms with Crippen LogP contribution in [-0.2, 0) is 38.5 Å². The van der Waals surface area contributed by atoms with Crippen LogP contribution in [0, 0.1) is 47.2 Å². The maximum absolute atomic E-state index is 13.1. The zero-order valence-electron chi connectivity index (χ0n) is 52.6. The minimum absolute atomic E-state index is 0. The normalized spacial score (nSPS) is 19.3. The quantitative estimate of drug-likeness (QED) is 0.108. The second kappa shape index (κ2) is 35.3. The number of hydrogen-bond donors (Lipinski definition) is 0. The molecular formula is C75H83BrCl7FO6. The Bertz CT molecular complexity index is 3410. The highest BCUT2D eigenvalue weighted by Gasteiger charge is 2.37. The molecule has 6 atom stereocenters.